The molecule has 1 N–H and O–H groups in total. The van der Waals surface area contributed by atoms with Crippen LogP contribution in [0.25, 0.3) is 0 Å². The topological polar surface area (TPSA) is 37.8 Å². The third kappa shape index (κ3) is 3.70. The fraction of sp³-hybridized carbons (Fsp3) is 0.333. The van der Waals surface area contributed by atoms with Crippen LogP contribution in [0, 0.1) is 5.82 Å². The fourth-order valence-corrected chi connectivity index (χ4v) is 2.85. The fourth-order valence-electron chi connectivity index (χ4n) is 1.84. The molecule has 106 valence electrons. The molecular formula is C15H18FN3S. The van der Waals surface area contributed by atoms with Gasteiger partial charge in [-0.2, -0.15) is 0 Å². The first-order chi connectivity index (χ1) is 9.74. The van der Waals surface area contributed by atoms with Gasteiger partial charge in [-0.05, 0) is 31.0 Å². The van der Waals surface area contributed by atoms with Crippen LogP contribution in [-0.4, -0.2) is 16.5 Å². The van der Waals surface area contributed by atoms with E-state index in [4.69, 9.17) is 0 Å². The smallest absolute Gasteiger partial charge is 0.133 e. The van der Waals surface area contributed by atoms with Crippen molar-refractivity contribution < 1.29 is 4.39 Å². The maximum absolute atomic E-state index is 13.2. The number of halogens is 1. The molecule has 20 heavy (non-hydrogen) atoms. The van der Waals surface area contributed by atoms with E-state index in [0.29, 0.717) is 0 Å². The van der Waals surface area contributed by atoms with Crippen LogP contribution in [-0.2, 0) is 6.42 Å². The molecule has 1 aromatic heterocycles. The molecule has 0 saturated carbocycles. The lowest BCUT2D eigenvalue weighted by molar-refractivity contribution is 0.624. The van der Waals surface area contributed by atoms with Crippen LogP contribution in [0.5, 0.6) is 0 Å². The zero-order valence-corrected chi connectivity index (χ0v) is 12.5. The van der Waals surface area contributed by atoms with Crippen LogP contribution in [0.3, 0.4) is 0 Å². The molecule has 0 fully saturated rings. The Bertz CT molecular complexity index is 575. The third-order valence-corrected chi connectivity index (χ3v) is 3.85. The number of hydrogen-bond acceptors (Lipinski definition) is 4. The number of anilines is 1. The SMILES string of the molecule is CCCNc1ncnc(Sc2cccc(F)c2)c1CC. The Morgan fingerprint density at radius 1 is 1.25 bits per heavy atom. The second kappa shape index (κ2) is 7.24. The van der Waals surface area contributed by atoms with Crippen molar-refractivity contribution in [1.29, 1.82) is 0 Å². The van der Waals surface area contributed by atoms with Gasteiger partial charge in [-0.15, -0.1) is 0 Å². The minimum Gasteiger partial charge on any atom is -0.370 e. The molecular weight excluding hydrogens is 273 g/mol. The summed E-state index contributed by atoms with van der Waals surface area (Å²) in [7, 11) is 0. The van der Waals surface area contributed by atoms with Gasteiger partial charge in [0.25, 0.3) is 0 Å². The van der Waals surface area contributed by atoms with Gasteiger partial charge < -0.3 is 5.32 Å². The van der Waals surface area contributed by atoms with Crippen LogP contribution >= 0.6 is 11.8 Å². The van der Waals surface area contributed by atoms with E-state index >= 15 is 0 Å². The summed E-state index contributed by atoms with van der Waals surface area (Å²) >= 11 is 1.47. The summed E-state index contributed by atoms with van der Waals surface area (Å²) in [6, 6.07) is 6.56. The van der Waals surface area contributed by atoms with Gasteiger partial charge in [0.05, 0.1) is 0 Å². The lowest BCUT2D eigenvalue weighted by Gasteiger charge is -2.12. The van der Waals surface area contributed by atoms with Crippen molar-refractivity contribution in [3.05, 3.63) is 42.0 Å². The van der Waals surface area contributed by atoms with Crippen molar-refractivity contribution in [1.82, 2.24) is 9.97 Å². The van der Waals surface area contributed by atoms with E-state index in [9.17, 15) is 4.39 Å². The molecule has 0 unspecified atom stereocenters. The number of nitrogens with zero attached hydrogens (tertiary/aromatic N) is 2. The van der Waals surface area contributed by atoms with Crippen LogP contribution in [0.2, 0.25) is 0 Å². The van der Waals surface area contributed by atoms with Crippen LogP contribution < -0.4 is 5.32 Å². The lowest BCUT2D eigenvalue weighted by atomic mass is 10.2. The molecule has 0 bridgehead atoms. The Labute approximate surface area is 123 Å². The van der Waals surface area contributed by atoms with E-state index in [-0.39, 0.29) is 5.82 Å². The van der Waals surface area contributed by atoms with Crippen LogP contribution in [0.4, 0.5) is 10.2 Å². The van der Waals surface area contributed by atoms with Gasteiger partial charge in [0.2, 0.25) is 0 Å². The molecule has 0 aliphatic rings. The summed E-state index contributed by atoms with van der Waals surface area (Å²) in [5.74, 6) is 0.648. The standard InChI is InChI=1S/C15H18FN3S/c1-3-8-17-14-13(4-2)15(19-10-18-14)20-12-7-5-6-11(16)9-12/h5-7,9-10H,3-4,8H2,1-2H3,(H,17,18,19). The molecule has 0 aliphatic heterocycles. The maximum Gasteiger partial charge on any atom is 0.133 e. The molecule has 0 amide bonds. The molecule has 2 aromatic rings. The second-order valence-corrected chi connectivity index (χ2v) is 5.41. The summed E-state index contributed by atoms with van der Waals surface area (Å²) < 4.78 is 13.2. The molecule has 3 nitrogen and oxygen atoms in total. The number of rotatable bonds is 6. The second-order valence-electron chi connectivity index (χ2n) is 4.35. The maximum atomic E-state index is 13.2. The number of hydrogen-bond donors (Lipinski definition) is 1. The quantitative estimate of drug-likeness (QED) is 0.811. The number of aromatic nitrogens is 2. The highest BCUT2D eigenvalue weighted by molar-refractivity contribution is 7.99. The van der Waals surface area contributed by atoms with E-state index in [0.717, 1.165) is 40.7 Å². The van der Waals surface area contributed by atoms with E-state index < -0.39 is 0 Å². The largest absolute Gasteiger partial charge is 0.370 e. The summed E-state index contributed by atoms with van der Waals surface area (Å²) in [5.41, 5.74) is 1.08. The van der Waals surface area contributed by atoms with E-state index in [2.05, 4.69) is 29.1 Å². The van der Waals surface area contributed by atoms with Gasteiger partial charge in [0, 0.05) is 17.0 Å². The van der Waals surface area contributed by atoms with Crippen molar-refractivity contribution in [3.63, 3.8) is 0 Å². The van der Waals surface area contributed by atoms with Crippen molar-refractivity contribution in [2.45, 2.75) is 36.6 Å². The Morgan fingerprint density at radius 2 is 2.10 bits per heavy atom. The van der Waals surface area contributed by atoms with E-state index in [1.807, 2.05) is 6.07 Å². The number of nitrogens with one attached hydrogen (secondary N) is 1. The average molecular weight is 291 g/mol. The van der Waals surface area contributed by atoms with Crippen molar-refractivity contribution in [3.8, 4) is 0 Å². The molecule has 1 aromatic carbocycles. The monoisotopic (exact) mass is 291 g/mol. The molecule has 0 saturated heterocycles. The normalized spacial score (nSPS) is 10.6. The van der Waals surface area contributed by atoms with Gasteiger partial charge in [0.1, 0.15) is 23.0 Å². The molecule has 0 radical (unpaired) electrons. The molecule has 0 spiro atoms. The lowest BCUT2D eigenvalue weighted by Crippen LogP contribution is -2.06. The Balaban J connectivity index is 2.26. The van der Waals surface area contributed by atoms with E-state index in [1.54, 1.807) is 12.4 Å². The minimum atomic E-state index is -0.230. The first kappa shape index (κ1) is 14.8. The highest BCUT2D eigenvalue weighted by atomic mass is 32.2. The van der Waals surface area contributed by atoms with Crippen LogP contribution in [0.15, 0.2) is 40.5 Å². The summed E-state index contributed by atoms with van der Waals surface area (Å²) in [6.45, 7) is 5.07. The van der Waals surface area contributed by atoms with Crippen molar-refractivity contribution in [2.75, 3.05) is 11.9 Å². The Kier molecular flexibility index (Phi) is 5.35. The van der Waals surface area contributed by atoms with Gasteiger partial charge in [0.15, 0.2) is 0 Å². The average Bonchev–Trinajstić information content (AvgIpc) is 2.45. The molecule has 5 heteroatoms. The first-order valence-corrected chi connectivity index (χ1v) is 7.57. The first-order valence-electron chi connectivity index (χ1n) is 6.75. The van der Waals surface area contributed by atoms with E-state index in [1.165, 1.54) is 23.9 Å². The Morgan fingerprint density at radius 3 is 2.80 bits per heavy atom. The van der Waals surface area contributed by atoms with Gasteiger partial charge in [-0.3, -0.25) is 0 Å². The summed E-state index contributed by atoms with van der Waals surface area (Å²) in [6.07, 6.45) is 3.43. The summed E-state index contributed by atoms with van der Waals surface area (Å²) in [4.78, 5) is 9.48. The van der Waals surface area contributed by atoms with Crippen molar-refractivity contribution >= 4 is 17.6 Å². The highest BCUT2D eigenvalue weighted by Crippen LogP contribution is 2.31. The molecule has 0 aliphatic carbocycles. The molecule has 0 atom stereocenters. The van der Waals surface area contributed by atoms with Gasteiger partial charge >= 0.3 is 0 Å². The minimum absolute atomic E-state index is 0.230. The van der Waals surface area contributed by atoms with Crippen molar-refractivity contribution in [2.24, 2.45) is 0 Å². The molecule has 1 heterocycles. The highest BCUT2D eigenvalue weighted by Gasteiger charge is 2.11. The third-order valence-electron chi connectivity index (χ3n) is 2.81. The van der Waals surface area contributed by atoms with Gasteiger partial charge in [-0.1, -0.05) is 31.7 Å². The predicted molar refractivity (Wildman–Crippen MR) is 80.7 cm³/mol. The molecule has 2 rings (SSSR count). The Hall–Kier alpha value is -1.62. The zero-order chi connectivity index (χ0) is 14.4. The number of benzene rings is 1. The van der Waals surface area contributed by atoms with Gasteiger partial charge in [-0.25, -0.2) is 14.4 Å². The predicted octanol–water partition coefficient (Wildman–Crippen LogP) is 4.15. The summed E-state index contributed by atoms with van der Waals surface area (Å²) in [5, 5.41) is 4.19. The van der Waals surface area contributed by atoms with Crippen LogP contribution in [0.1, 0.15) is 25.8 Å². The zero-order valence-electron chi connectivity index (χ0n) is 11.7.